The van der Waals surface area contributed by atoms with Crippen LogP contribution in [0.15, 0.2) is 27.5 Å². The van der Waals surface area contributed by atoms with Gasteiger partial charge in [-0.05, 0) is 27.4 Å². The first-order valence-corrected chi connectivity index (χ1v) is 6.37. The van der Waals surface area contributed by atoms with Gasteiger partial charge in [-0.3, -0.25) is 4.98 Å². The van der Waals surface area contributed by atoms with Crippen molar-refractivity contribution in [3.63, 3.8) is 0 Å². The number of hydrogen-bond acceptors (Lipinski definition) is 5. The van der Waals surface area contributed by atoms with Crippen molar-refractivity contribution in [1.82, 2.24) is 15.1 Å². The molecule has 2 aromatic heterocycles. The van der Waals surface area contributed by atoms with E-state index in [9.17, 15) is 0 Å². The van der Waals surface area contributed by atoms with Crippen molar-refractivity contribution in [2.45, 2.75) is 26.8 Å². The van der Waals surface area contributed by atoms with Crippen molar-refractivity contribution < 1.29 is 4.52 Å². The zero-order valence-electron chi connectivity index (χ0n) is 10.5. The van der Waals surface area contributed by atoms with Gasteiger partial charge in [-0.25, -0.2) is 0 Å². The predicted octanol–water partition coefficient (Wildman–Crippen LogP) is 2.94. The summed E-state index contributed by atoms with van der Waals surface area (Å²) in [5.41, 5.74) is 6.74. The van der Waals surface area contributed by atoms with Crippen molar-refractivity contribution in [2.75, 3.05) is 0 Å². The van der Waals surface area contributed by atoms with Gasteiger partial charge >= 0.3 is 0 Å². The van der Waals surface area contributed by atoms with Crippen LogP contribution >= 0.6 is 15.9 Å². The number of hydrogen-bond donors (Lipinski definition) is 1. The van der Waals surface area contributed by atoms with Crippen LogP contribution in [0.1, 0.15) is 32.7 Å². The quantitative estimate of drug-likeness (QED) is 0.922. The van der Waals surface area contributed by atoms with E-state index in [2.05, 4.69) is 31.1 Å². The van der Waals surface area contributed by atoms with E-state index < -0.39 is 0 Å². The molecule has 0 amide bonds. The summed E-state index contributed by atoms with van der Waals surface area (Å²) >= 11 is 3.35. The maximum atomic E-state index is 6.07. The average Bonchev–Trinajstić information content (AvgIpc) is 2.75. The molecule has 0 bridgehead atoms. The molecule has 2 N–H and O–H groups in total. The van der Waals surface area contributed by atoms with Gasteiger partial charge < -0.3 is 10.3 Å². The van der Waals surface area contributed by atoms with E-state index in [-0.39, 0.29) is 11.5 Å². The van der Waals surface area contributed by atoms with E-state index >= 15 is 0 Å². The van der Waals surface area contributed by atoms with E-state index in [0.717, 1.165) is 10.0 Å². The van der Waals surface area contributed by atoms with Gasteiger partial charge in [-0.15, -0.1) is 0 Å². The highest BCUT2D eigenvalue weighted by Crippen LogP contribution is 2.30. The Kier molecular flexibility index (Phi) is 3.49. The zero-order valence-corrected chi connectivity index (χ0v) is 12.1. The number of aromatic nitrogens is 3. The van der Waals surface area contributed by atoms with Crippen LogP contribution in [0.25, 0.3) is 11.4 Å². The molecule has 96 valence electrons. The van der Waals surface area contributed by atoms with Gasteiger partial charge in [0.2, 0.25) is 11.7 Å². The molecule has 0 aliphatic heterocycles. The third kappa shape index (κ3) is 2.76. The molecule has 5 nitrogen and oxygen atoms in total. The summed E-state index contributed by atoms with van der Waals surface area (Å²) in [6.45, 7) is 6.09. The van der Waals surface area contributed by atoms with Crippen LogP contribution < -0.4 is 5.73 Å². The molecule has 0 fully saturated rings. The van der Waals surface area contributed by atoms with Crippen molar-refractivity contribution in [3.05, 3.63) is 28.8 Å². The minimum absolute atomic E-state index is 0.126. The molecule has 0 saturated heterocycles. The molecule has 0 saturated carbocycles. The zero-order chi connectivity index (χ0) is 13.3. The number of halogens is 1. The molecule has 18 heavy (non-hydrogen) atoms. The van der Waals surface area contributed by atoms with Gasteiger partial charge in [0, 0.05) is 22.4 Å². The summed E-state index contributed by atoms with van der Waals surface area (Å²) in [7, 11) is 0. The fourth-order valence-electron chi connectivity index (χ4n) is 1.38. The van der Waals surface area contributed by atoms with Crippen LogP contribution in [0, 0.1) is 5.41 Å². The lowest BCUT2D eigenvalue weighted by Crippen LogP contribution is -2.26. The molecule has 0 radical (unpaired) electrons. The van der Waals surface area contributed by atoms with Crippen LogP contribution in [-0.2, 0) is 0 Å². The summed E-state index contributed by atoms with van der Waals surface area (Å²) in [5.74, 6) is 0.941. The first-order valence-electron chi connectivity index (χ1n) is 5.58. The highest BCUT2D eigenvalue weighted by molar-refractivity contribution is 9.10. The van der Waals surface area contributed by atoms with Crippen LogP contribution in [0.5, 0.6) is 0 Å². The van der Waals surface area contributed by atoms with E-state index in [1.54, 1.807) is 12.4 Å². The van der Waals surface area contributed by atoms with Gasteiger partial charge in [-0.2, -0.15) is 4.98 Å². The Bertz CT molecular complexity index is 547. The fourth-order valence-corrected chi connectivity index (χ4v) is 1.75. The molecule has 1 atom stereocenters. The Morgan fingerprint density at radius 1 is 1.33 bits per heavy atom. The topological polar surface area (TPSA) is 77.8 Å². The highest BCUT2D eigenvalue weighted by atomic mass is 79.9. The Morgan fingerprint density at radius 2 is 2.06 bits per heavy atom. The van der Waals surface area contributed by atoms with Gasteiger partial charge in [0.25, 0.3) is 0 Å². The third-order valence-electron chi connectivity index (χ3n) is 2.60. The molecule has 0 spiro atoms. The molecule has 6 heteroatoms. The molecule has 2 rings (SSSR count). The molecular formula is C12H15BrN4O. The summed E-state index contributed by atoms with van der Waals surface area (Å²) in [5, 5.41) is 3.94. The maximum Gasteiger partial charge on any atom is 0.244 e. The van der Waals surface area contributed by atoms with Crippen LogP contribution in [0.2, 0.25) is 0 Å². The van der Waals surface area contributed by atoms with Gasteiger partial charge in [0.15, 0.2) is 0 Å². The van der Waals surface area contributed by atoms with Crippen LogP contribution in [-0.4, -0.2) is 15.1 Å². The minimum Gasteiger partial charge on any atom is -0.337 e. The Morgan fingerprint density at radius 3 is 2.67 bits per heavy atom. The van der Waals surface area contributed by atoms with E-state index in [1.807, 2.05) is 26.8 Å². The minimum atomic E-state index is -0.293. The third-order valence-corrected chi connectivity index (χ3v) is 3.04. The first kappa shape index (κ1) is 13.2. The number of nitrogens with zero attached hydrogens (tertiary/aromatic N) is 3. The second-order valence-corrected chi connectivity index (χ2v) is 6.11. The molecule has 2 heterocycles. The Labute approximate surface area is 114 Å². The summed E-state index contributed by atoms with van der Waals surface area (Å²) < 4.78 is 6.09. The normalized spacial score (nSPS) is 13.6. The summed E-state index contributed by atoms with van der Waals surface area (Å²) in [6.07, 6.45) is 3.38. The van der Waals surface area contributed by atoms with E-state index in [1.165, 1.54) is 0 Å². The maximum absolute atomic E-state index is 6.07. The van der Waals surface area contributed by atoms with Gasteiger partial charge in [-0.1, -0.05) is 25.9 Å². The average molecular weight is 311 g/mol. The summed E-state index contributed by atoms with van der Waals surface area (Å²) in [4.78, 5) is 8.39. The molecule has 2 aromatic rings. The van der Waals surface area contributed by atoms with Crippen molar-refractivity contribution in [3.8, 4) is 11.4 Å². The Hall–Kier alpha value is -1.27. The lowest BCUT2D eigenvalue weighted by Gasteiger charge is -2.23. The van der Waals surface area contributed by atoms with E-state index in [4.69, 9.17) is 10.3 Å². The summed E-state index contributed by atoms with van der Waals surface area (Å²) in [6, 6.07) is 1.59. The molecule has 1 unspecified atom stereocenters. The fraction of sp³-hybridized carbons (Fsp3) is 0.417. The van der Waals surface area contributed by atoms with Crippen molar-refractivity contribution >= 4 is 15.9 Å². The predicted molar refractivity (Wildman–Crippen MR) is 71.6 cm³/mol. The van der Waals surface area contributed by atoms with Crippen molar-refractivity contribution in [1.29, 1.82) is 0 Å². The number of pyridine rings is 1. The molecule has 0 aliphatic carbocycles. The largest absolute Gasteiger partial charge is 0.337 e. The van der Waals surface area contributed by atoms with Crippen LogP contribution in [0.4, 0.5) is 0 Å². The standard InChI is InChI=1S/C12H15BrN4O/c1-12(2,3)9(14)11-16-10(17-18-11)7-4-8(13)6-15-5-7/h4-6,9H,14H2,1-3H3. The Balaban J connectivity index is 2.31. The smallest absolute Gasteiger partial charge is 0.244 e. The monoisotopic (exact) mass is 310 g/mol. The van der Waals surface area contributed by atoms with Gasteiger partial charge in [0.1, 0.15) is 0 Å². The highest BCUT2D eigenvalue weighted by Gasteiger charge is 2.27. The van der Waals surface area contributed by atoms with Crippen molar-refractivity contribution in [2.24, 2.45) is 11.1 Å². The SMILES string of the molecule is CC(C)(C)C(N)c1nc(-c2cncc(Br)c2)no1. The first-order chi connectivity index (χ1) is 8.38. The van der Waals surface area contributed by atoms with Crippen LogP contribution in [0.3, 0.4) is 0 Å². The second-order valence-electron chi connectivity index (χ2n) is 5.19. The lowest BCUT2D eigenvalue weighted by atomic mass is 9.87. The lowest BCUT2D eigenvalue weighted by molar-refractivity contribution is 0.253. The molecule has 0 aromatic carbocycles. The molecular weight excluding hydrogens is 296 g/mol. The second kappa shape index (κ2) is 4.78. The number of rotatable bonds is 2. The number of nitrogens with two attached hydrogens (primary N) is 1. The van der Waals surface area contributed by atoms with Gasteiger partial charge in [0.05, 0.1) is 6.04 Å². The molecule has 0 aliphatic rings. The van der Waals surface area contributed by atoms with E-state index in [0.29, 0.717) is 11.7 Å².